The van der Waals surface area contributed by atoms with E-state index in [9.17, 15) is 0 Å². The van der Waals surface area contributed by atoms with E-state index in [1.165, 1.54) is 27.1 Å². The van der Waals surface area contributed by atoms with E-state index in [-0.39, 0.29) is 11.3 Å². The Bertz CT molecular complexity index is 572. The van der Waals surface area contributed by atoms with Crippen molar-refractivity contribution in [2.45, 2.75) is 43.9 Å². The van der Waals surface area contributed by atoms with Crippen LogP contribution in [0.2, 0.25) is 0 Å². The third-order valence-electron chi connectivity index (χ3n) is 3.62. The number of aryl methyl sites for hydroxylation is 3. The minimum absolute atomic E-state index is 0.115. The maximum absolute atomic E-state index is 6.20. The molecule has 0 aliphatic rings. The van der Waals surface area contributed by atoms with Gasteiger partial charge < -0.3 is 5.73 Å². The highest BCUT2D eigenvalue weighted by atomic mass is 32.2. The summed E-state index contributed by atoms with van der Waals surface area (Å²) in [5.41, 5.74) is 11.5. The Kier molecular flexibility index (Phi) is 4.90. The fraction of sp³-hybridized carbons (Fsp3) is 0.333. The van der Waals surface area contributed by atoms with Crippen LogP contribution in [0.5, 0.6) is 0 Å². The molecule has 106 valence electrons. The van der Waals surface area contributed by atoms with E-state index in [2.05, 4.69) is 70.2 Å². The summed E-state index contributed by atoms with van der Waals surface area (Å²) < 4.78 is 0. The number of nitrogens with two attached hydrogens (primary N) is 1. The third-order valence-corrected chi connectivity index (χ3v) is 5.11. The smallest absolute Gasteiger partial charge is 0.0492 e. The van der Waals surface area contributed by atoms with E-state index in [1.54, 1.807) is 0 Å². The average Bonchev–Trinajstić information content (AvgIpc) is 2.41. The summed E-state index contributed by atoms with van der Waals surface area (Å²) in [6.45, 7) is 8.50. The van der Waals surface area contributed by atoms with Gasteiger partial charge in [-0.15, -0.1) is 11.8 Å². The van der Waals surface area contributed by atoms with Crippen molar-refractivity contribution in [2.75, 3.05) is 0 Å². The first kappa shape index (κ1) is 15.1. The molecule has 2 heteroatoms. The number of hydrogen-bond acceptors (Lipinski definition) is 2. The van der Waals surface area contributed by atoms with Crippen LogP contribution in [0.25, 0.3) is 0 Å². The van der Waals surface area contributed by atoms with Gasteiger partial charge in [-0.25, -0.2) is 0 Å². The Hall–Kier alpha value is -1.25. The van der Waals surface area contributed by atoms with Gasteiger partial charge in [0.25, 0.3) is 0 Å². The fourth-order valence-electron chi connectivity index (χ4n) is 2.17. The molecule has 0 spiro atoms. The van der Waals surface area contributed by atoms with Crippen LogP contribution >= 0.6 is 11.8 Å². The lowest BCUT2D eigenvalue weighted by molar-refractivity contribution is 0.721. The Morgan fingerprint density at radius 3 is 2.10 bits per heavy atom. The fourth-order valence-corrected chi connectivity index (χ4v) is 3.36. The maximum atomic E-state index is 6.20. The molecule has 20 heavy (non-hydrogen) atoms. The summed E-state index contributed by atoms with van der Waals surface area (Å²) in [4.78, 5) is 1.29. The molecule has 0 aromatic heterocycles. The van der Waals surface area contributed by atoms with E-state index < -0.39 is 0 Å². The van der Waals surface area contributed by atoms with Crippen LogP contribution in [0.4, 0.5) is 0 Å². The highest BCUT2D eigenvalue weighted by molar-refractivity contribution is 7.99. The number of benzene rings is 2. The van der Waals surface area contributed by atoms with Crippen LogP contribution in [0.3, 0.4) is 0 Å². The summed E-state index contributed by atoms with van der Waals surface area (Å²) in [5, 5.41) is 0.290. The van der Waals surface area contributed by atoms with E-state index in [0.29, 0.717) is 0 Å². The highest BCUT2D eigenvalue weighted by Gasteiger charge is 2.17. The highest BCUT2D eigenvalue weighted by Crippen LogP contribution is 2.37. The number of hydrogen-bond donors (Lipinski definition) is 1. The van der Waals surface area contributed by atoms with Crippen LogP contribution in [-0.2, 0) is 0 Å². The molecule has 0 saturated carbocycles. The third kappa shape index (κ3) is 3.65. The number of thioether (sulfide) groups is 1. The topological polar surface area (TPSA) is 26.0 Å². The zero-order chi connectivity index (χ0) is 14.7. The molecule has 2 N–H and O–H groups in total. The van der Waals surface area contributed by atoms with Gasteiger partial charge in [0, 0.05) is 16.2 Å². The Balaban J connectivity index is 2.25. The van der Waals surface area contributed by atoms with Crippen molar-refractivity contribution >= 4 is 11.8 Å². The van der Waals surface area contributed by atoms with Gasteiger partial charge in [0.05, 0.1) is 0 Å². The molecular formula is C18H23NS. The summed E-state index contributed by atoms with van der Waals surface area (Å²) in [5.74, 6) is 0. The van der Waals surface area contributed by atoms with Gasteiger partial charge in [-0.3, -0.25) is 0 Å². The zero-order valence-corrected chi connectivity index (χ0v) is 13.5. The van der Waals surface area contributed by atoms with Crippen LogP contribution < -0.4 is 5.73 Å². The largest absolute Gasteiger partial charge is 0.327 e. The van der Waals surface area contributed by atoms with E-state index in [1.807, 2.05) is 11.8 Å². The standard InChI is InChI=1S/C18H23NS/c1-12-5-8-16(9-6-12)18(15(4)19)20-17-10-7-13(2)14(3)11-17/h5-11,15,18H,19H2,1-4H3. The lowest BCUT2D eigenvalue weighted by Gasteiger charge is -2.21. The second kappa shape index (κ2) is 6.47. The molecular weight excluding hydrogens is 262 g/mol. The molecule has 0 aliphatic carbocycles. The minimum Gasteiger partial charge on any atom is -0.327 e. The predicted molar refractivity (Wildman–Crippen MR) is 89.3 cm³/mol. The van der Waals surface area contributed by atoms with Crippen molar-refractivity contribution in [3.8, 4) is 0 Å². The van der Waals surface area contributed by atoms with Gasteiger partial charge in [0.1, 0.15) is 0 Å². The average molecular weight is 285 g/mol. The Morgan fingerprint density at radius 1 is 0.900 bits per heavy atom. The molecule has 0 bridgehead atoms. The quantitative estimate of drug-likeness (QED) is 0.817. The maximum Gasteiger partial charge on any atom is 0.0492 e. The van der Waals surface area contributed by atoms with Gasteiger partial charge >= 0.3 is 0 Å². The summed E-state index contributed by atoms with van der Waals surface area (Å²) >= 11 is 1.85. The van der Waals surface area contributed by atoms with Crippen molar-refractivity contribution in [3.63, 3.8) is 0 Å². The number of rotatable bonds is 4. The molecule has 1 nitrogen and oxygen atoms in total. The molecule has 2 atom stereocenters. The minimum atomic E-state index is 0.115. The first-order chi connectivity index (χ1) is 9.47. The van der Waals surface area contributed by atoms with Crippen molar-refractivity contribution in [2.24, 2.45) is 5.73 Å². The Morgan fingerprint density at radius 2 is 1.55 bits per heavy atom. The molecule has 0 aliphatic heterocycles. The monoisotopic (exact) mass is 285 g/mol. The predicted octanol–water partition coefficient (Wildman–Crippen LogP) is 4.79. The second-order valence-corrected chi connectivity index (χ2v) is 6.77. The van der Waals surface area contributed by atoms with Crippen LogP contribution in [-0.4, -0.2) is 6.04 Å². The van der Waals surface area contributed by atoms with Crippen LogP contribution in [0.15, 0.2) is 47.4 Å². The van der Waals surface area contributed by atoms with Gasteiger partial charge in [-0.1, -0.05) is 35.9 Å². The van der Waals surface area contributed by atoms with Crippen LogP contribution in [0.1, 0.15) is 34.4 Å². The van der Waals surface area contributed by atoms with E-state index in [0.717, 1.165) is 0 Å². The van der Waals surface area contributed by atoms with Gasteiger partial charge in [0.15, 0.2) is 0 Å². The first-order valence-corrected chi connectivity index (χ1v) is 7.91. The SMILES string of the molecule is Cc1ccc(C(Sc2ccc(C)c(C)c2)C(C)N)cc1. The van der Waals surface area contributed by atoms with Crippen molar-refractivity contribution in [1.82, 2.24) is 0 Å². The Labute approximate surface area is 126 Å². The molecule has 0 saturated heterocycles. The molecule has 2 aromatic carbocycles. The summed E-state index contributed by atoms with van der Waals surface area (Å²) in [6, 6.07) is 15.4. The lowest BCUT2D eigenvalue weighted by Crippen LogP contribution is -2.22. The summed E-state index contributed by atoms with van der Waals surface area (Å²) in [7, 11) is 0. The molecule has 0 amide bonds. The van der Waals surface area contributed by atoms with Gasteiger partial charge in [0.2, 0.25) is 0 Å². The van der Waals surface area contributed by atoms with Crippen molar-refractivity contribution in [1.29, 1.82) is 0 Å². The van der Waals surface area contributed by atoms with E-state index >= 15 is 0 Å². The zero-order valence-electron chi connectivity index (χ0n) is 12.7. The molecule has 2 aromatic rings. The van der Waals surface area contributed by atoms with Crippen LogP contribution in [0, 0.1) is 20.8 Å². The summed E-state index contributed by atoms with van der Waals surface area (Å²) in [6.07, 6.45) is 0. The lowest BCUT2D eigenvalue weighted by atomic mass is 10.1. The molecule has 0 fully saturated rings. The molecule has 2 unspecified atom stereocenters. The molecule has 0 heterocycles. The molecule has 2 rings (SSSR count). The van der Waals surface area contributed by atoms with Gasteiger partial charge in [-0.2, -0.15) is 0 Å². The second-order valence-electron chi connectivity index (χ2n) is 5.55. The molecule has 0 radical (unpaired) electrons. The van der Waals surface area contributed by atoms with E-state index in [4.69, 9.17) is 5.73 Å². The van der Waals surface area contributed by atoms with Gasteiger partial charge in [-0.05, 0) is 56.5 Å². The van der Waals surface area contributed by atoms with Crippen molar-refractivity contribution < 1.29 is 0 Å². The normalized spacial score (nSPS) is 14.1. The first-order valence-electron chi connectivity index (χ1n) is 7.03. The van der Waals surface area contributed by atoms with Crippen molar-refractivity contribution in [3.05, 3.63) is 64.7 Å².